The molecule has 0 unspecified atom stereocenters. The minimum Gasteiger partial charge on any atom is -0.478 e. The van der Waals surface area contributed by atoms with E-state index in [0.29, 0.717) is 75.8 Å². The summed E-state index contributed by atoms with van der Waals surface area (Å²) in [4.78, 5) is 39.0. The van der Waals surface area contributed by atoms with Crippen molar-refractivity contribution in [2.45, 2.75) is 40.0 Å². The van der Waals surface area contributed by atoms with Crippen molar-refractivity contribution in [3.63, 3.8) is 0 Å². The molecule has 0 fully saturated rings. The monoisotopic (exact) mass is 733 g/mol. The van der Waals surface area contributed by atoms with Crippen molar-refractivity contribution in [3.8, 4) is 17.2 Å². The van der Waals surface area contributed by atoms with Gasteiger partial charge in [-0.05, 0) is 76.4 Å². The molecule has 0 saturated carbocycles. The summed E-state index contributed by atoms with van der Waals surface area (Å²) >= 11 is 0. The van der Waals surface area contributed by atoms with Crippen LogP contribution in [0.5, 0.6) is 17.2 Å². The topological polar surface area (TPSA) is 149 Å². The molecule has 0 atom stereocenters. The maximum Gasteiger partial charge on any atom is 0.530 e. The zero-order valence-electron chi connectivity index (χ0n) is 29.8. The molecular formula is C39H48N3O9P. The Bertz CT molecular complexity index is 1490. The van der Waals surface area contributed by atoms with E-state index in [4.69, 9.17) is 28.9 Å². The van der Waals surface area contributed by atoms with Crippen LogP contribution < -0.4 is 28.3 Å². The number of hydrogen-bond donors (Lipinski definition) is 3. The molecule has 3 aromatic carbocycles. The number of hydrogen-bond acceptors (Lipinski definition) is 9. The molecule has 12 nitrogen and oxygen atoms in total. The highest BCUT2D eigenvalue weighted by molar-refractivity contribution is 7.43. The second-order valence-electron chi connectivity index (χ2n) is 11.3. The SMILES string of the molecule is CCN(CC/C=C/C(=O)O)c1cccc(OP(Oc2cccc(N(CC)CC/C=C/C(=O)O)c2)Oc2cccc(N(CC)CC/C=C/C(=O)O)c2)c1. The number of anilines is 3. The molecule has 0 aliphatic rings. The Morgan fingerprint density at radius 2 is 0.827 bits per heavy atom. The highest BCUT2D eigenvalue weighted by Gasteiger charge is 2.22. The molecule has 0 aliphatic heterocycles. The smallest absolute Gasteiger partial charge is 0.478 e. The molecule has 0 saturated heterocycles. The minimum absolute atomic E-state index is 0.524. The van der Waals surface area contributed by atoms with Gasteiger partial charge in [-0.25, -0.2) is 14.4 Å². The number of carboxylic acid groups (broad SMARTS) is 3. The number of nitrogens with zero attached hydrogens (tertiary/aromatic N) is 3. The first-order chi connectivity index (χ1) is 25.1. The summed E-state index contributed by atoms with van der Waals surface area (Å²) in [7, 11) is -2.05. The fourth-order valence-corrected chi connectivity index (χ4v) is 6.15. The summed E-state index contributed by atoms with van der Waals surface area (Å²) in [6.07, 6.45) is 10.0. The molecule has 0 heterocycles. The minimum atomic E-state index is -2.05. The first-order valence-corrected chi connectivity index (χ1v) is 18.3. The molecule has 3 N–H and O–H groups in total. The molecule has 0 amide bonds. The van der Waals surface area contributed by atoms with Gasteiger partial charge < -0.3 is 43.6 Å². The maximum atomic E-state index is 10.9. The molecule has 0 radical (unpaired) electrons. The first kappa shape index (κ1) is 40.9. The fourth-order valence-electron chi connectivity index (χ4n) is 5.18. The van der Waals surface area contributed by atoms with E-state index in [1.54, 1.807) is 18.2 Å². The predicted octanol–water partition coefficient (Wildman–Crippen LogP) is 8.02. The summed E-state index contributed by atoms with van der Waals surface area (Å²) in [5, 5.41) is 26.8. The lowest BCUT2D eigenvalue weighted by Gasteiger charge is -2.25. The molecule has 13 heteroatoms. The van der Waals surface area contributed by atoms with E-state index in [0.717, 1.165) is 35.3 Å². The van der Waals surface area contributed by atoms with E-state index in [1.807, 2.05) is 93.6 Å². The van der Waals surface area contributed by atoms with Gasteiger partial charge in [0.25, 0.3) is 0 Å². The quantitative estimate of drug-likeness (QED) is 0.0605. The van der Waals surface area contributed by atoms with Crippen LogP contribution in [0.4, 0.5) is 17.1 Å². The number of benzene rings is 3. The Hall–Kier alpha value is -5.48. The summed E-state index contributed by atoms with van der Waals surface area (Å²) in [5.41, 5.74) is 2.69. The van der Waals surface area contributed by atoms with Crippen LogP contribution in [0.25, 0.3) is 0 Å². The summed E-state index contributed by atoms with van der Waals surface area (Å²) in [5.74, 6) is -1.36. The molecule has 52 heavy (non-hydrogen) atoms. The lowest BCUT2D eigenvalue weighted by Crippen LogP contribution is -2.23. The summed E-state index contributed by atoms with van der Waals surface area (Å²) in [6, 6.07) is 22.7. The average Bonchev–Trinajstić information content (AvgIpc) is 3.11. The van der Waals surface area contributed by atoms with Crippen molar-refractivity contribution in [3.05, 3.63) is 109 Å². The van der Waals surface area contributed by atoms with Crippen molar-refractivity contribution in [1.82, 2.24) is 0 Å². The Morgan fingerprint density at radius 3 is 1.08 bits per heavy atom. The number of carboxylic acids is 3. The van der Waals surface area contributed by atoms with Crippen LogP contribution in [-0.2, 0) is 14.4 Å². The van der Waals surface area contributed by atoms with Crippen LogP contribution in [-0.4, -0.2) is 72.5 Å². The van der Waals surface area contributed by atoms with Crippen LogP contribution in [0.2, 0.25) is 0 Å². The highest BCUT2D eigenvalue weighted by Crippen LogP contribution is 2.44. The molecule has 3 aromatic rings. The average molecular weight is 734 g/mol. The van der Waals surface area contributed by atoms with Crippen molar-refractivity contribution >= 4 is 43.6 Å². The fraction of sp³-hybridized carbons (Fsp3) is 0.308. The largest absolute Gasteiger partial charge is 0.530 e. The lowest BCUT2D eigenvalue weighted by molar-refractivity contribution is -0.132. The second-order valence-corrected chi connectivity index (χ2v) is 12.3. The van der Waals surface area contributed by atoms with Gasteiger partial charge in [0.05, 0.1) is 0 Å². The van der Waals surface area contributed by atoms with Gasteiger partial charge in [-0.3, -0.25) is 0 Å². The standard InChI is InChI=1S/C39H48N3O9P/c1-4-40(25-10-7-22-37(43)44)31-16-13-19-34(28-31)49-52(50-35-20-14-17-32(29-35)41(5-2)26-11-8-23-38(45)46)51-36-21-15-18-33(30-36)42(6-3)27-12-9-24-39(47)48/h7-9,13-24,28-30H,4-6,10-12,25-27H2,1-3H3,(H,43,44)(H,45,46)(H,47,48)/b22-7+,23-8+,24-9+. The van der Waals surface area contributed by atoms with Gasteiger partial charge in [-0.2, -0.15) is 0 Å². The van der Waals surface area contributed by atoms with Crippen molar-refractivity contribution in [2.24, 2.45) is 0 Å². The zero-order valence-corrected chi connectivity index (χ0v) is 30.7. The third kappa shape index (κ3) is 14.8. The van der Waals surface area contributed by atoms with E-state index in [2.05, 4.69) is 14.7 Å². The lowest BCUT2D eigenvalue weighted by atomic mass is 10.2. The van der Waals surface area contributed by atoms with E-state index < -0.39 is 26.5 Å². The van der Waals surface area contributed by atoms with Crippen LogP contribution in [0.3, 0.4) is 0 Å². The molecule has 0 bridgehead atoms. The van der Waals surface area contributed by atoms with Crippen molar-refractivity contribution < 1.29 is 43.3 Å². The highest BCUT2D eigenvalue weighted by atomic mass is 31.2. The third-order valence-electron chi connectivity index (χ3n) is 7.71. The predicted molar refractivity (Wildman–Crippen MR) is 206 cm³/mol. The number of carbonyl (C=O) groups is 3. The van der Waals surface area contributed by atoms with E-state index in [1.165, 1.54) is 0 Å². The summed E-state index contributed by atoms with van der Waals surface area (Å²) < 4.78 is 19.3. The van der Waals surface area contributed by atoms with Gasteiger partial charge in [-0.1, -0.05) is 36.4 Å². The van der Waals surface area contributed by atoms with Crippen LogP contribution in [0.1, 0.15) is 40.0 Å². The van der Waals surface area contributed by atoms with E-state index in [-0.39, 0.29) is 0 Å². The second kappa shape index (κ2) is 22.4. The Kier molecular flexibility index (Phi) is 17.6. The Morgan fingerprint density at radius 1 is 0.538 bits per heavy atom. The van der Waals surface area contributed by atoms with Crippen LogP contribution in [0.15, 0.2) is 109 Å². The van der Waals surface area contributed by atoms with Gasteiger partial charge in [-0.15, -0.1) is 0 Å². The van der Waals surface area contributed by atoms with Crippen molar-refractivity contribution in [2.75, 3.05) is 54.0 Å². The zero-order chi connectivity index (χ0) is 37.7. The molecule has 278 valence electrons. The molecular weight excluding hydrogens is 685 g/mol. The van der Waals surface area contributed by atoms with Crippen LogP contribution in [0, 0.1) is 0 Å². The van der Waals surface area contributed by atoms with Gasteiger partial charge >= 0.3 is 26.5 Å². The first-order valence-electron chi connectivity index (χ1n) is 17.2. The van der Waals surface area contributed by atoms with Crippen molar-refractivity contribution in [1.29, 1.82) is 0 Å². The summed E-state index contributed by atoms with van der Waals surface area (Å²) in [6.45, 7) is 10.0. The number of rotatable bonds is 24. The maximum absolute atomic E-state index is 10.9. The van der Waals surface area contributed by atoms with Gasteiger partial charge in [0.2, 0.25) is 0 Å². The normalized spacial score (nSPS) is 11.3. The van der Waals surface area contributed by atoms with Crippen LogP contribution >= 0.6 is 8.60 Å². The van der Waals surface area contributed by atoms with Gasteiger partial charge in [0.1, 0.15) is 17.2 Å². The Labute approximate surface area is 306 Å². The van der Waals surface area contributed by atoms with E-state index in [9.17, 15) is 14.4 Å². The molecule has 0 spiro atoms. The van der Waals surface area contributed by atoms with Gasteiger partial charge in [0, 0.05) is 92.8 Å². The number of aliphatic carboxylic acids is 3. The molecule has 3 rings (SSSR count). The van der Waals surface area contributed by atoms with Gasteiger partial charge in [0.15, 0.2) is 0 Å². The molecule has 0 aromatic heterocycles. The molecule has 0 aliphatic carbocycles. The van der Waals surface area contributed by atoms with E-state index >= 15 is 0 Å². The Balaban J connectivity index is 1.88. The third-order valence-corrected chi connectivity index (χ3v) is 8.79.